The van der Waals surface area contributed by atoms with E-state index in [0.717, 1.165) is 9.13 Å². The Labute approximate surface area is 131 Å². The van der Waals surface area contributed by atoms with Crippen LogP contribution in [0.15, 0.2) is 36.4 Å². The fraction of sp³-hybridized carbons (Fsp3) is 0.200. The number of halogens is 3. The summed E-state index contributed by atoms with van der Waals surface area (Å²) in [6.07, 6.45) is 0. The van der Waals surface area contributed by atoms with E-state index >= 15 is 0 Å². The van der Waals surface area contributed by atoms with Crippen molar-refractivity contribution in [3.8, 4) is 0 Å². The van der Waals surface area contributed by atoms with E-state index in [4.69, 9.17) is 11.6 Å². The SMILES string of the molecule is CNC(c1ccc(Cl)cc1F)c1cccc(C)c1I. The lowest BCUT2D eigenvalue weighted by Gasteiger charge is -2.20. The second-order valence-corrected chi connectivity index (χ2v) is 5.88. The van der Waals surface area contributed by atoms with Crippen LogP contribution in [0.4, 0.5) is 4.39 Å². The van der Waals surface area contributed by atoms with Crippen LogP contribution in [0.3, 0.4) is 0 Å². The minimum Gasteiger partial charge on any atom is -0.309 e. The van der Waals surface area contributed by atoms with Crippen molar-refractivity contribution in [1.29, 1.82) is 0 Å². The van der Waals surface area contributed by atoms with Gasteiger partial charge < -0.3 is 5.32 Å². The summed E-state index contributed by atoms with van der Waals surface area (Å²) in [7, 11) is 1.83. The highest BCUT2D eigenvalue weighted by molar-refractivity contribution is 14.1. The van der Waals surface area contributed by atoms with Gasteiger partial charge in [-0.2, -0.15) is 0 Å². The molecular weight excluding hydrogens is 376 g/mol. The molecule has 4 heteroatoms. The summed E-state index contributed by atoms with van der Waals surface area (Å²) >= 11 is 8.11. The van der Waals surface area contributed by atoms with Gasteiger partial charge in [0.05, 0.1) is 6.04 Å². The molecule has 2 aromatic carbocycles. The topological polar surface area (TPSA) is 12.0 Å². The van der Waals surface area contributed by atoms with Crippen molar-refractivity contribution in [2.75, 3.05) is 7.05 Å². The van der Waals surface area contributed by atoms with Crippen LogP contribution in [0.5, 0.6) is 0 Å². The molecular formula is C15H14ClFIN. The van der Waals surface area contributed by atoms with Gasteiger partial charge in [0, 0.05) is 14.2 Å². The maximum absolute atomic E-state index is 14.1. The Bertz CT molecular complexity index is 601. The van der Waals surface area contributed by atoms with Crippen molar-refractivity contribution >= 4 is 34.2 Å². The minimum absolute atomic E-state index is 0.177. The van der Waals surface area contributed by atoms with Gasteiger partial charge in [0.2, 0.25) is 0 Å². The fourth-order valence-electron chi connectivity index (χ4n) is 2.11. The van der Waals surface area contributed by atoms with E-state index in [1.165, 1.54) is 11.6 Å². The standard InChI is InChI=1S/C15H14ClFIN/c1-9-4-3-5-12(14(9)18)15(19-2)11-7-6-10(16)8-13(11)17/h3-8,15,19H,1-2H3. The lowest BCUT2D eigenvalue weighted by Crippen LogP contribution is -2.20. The Morgan fingerprint density at radius 2 is 1.95 bits per heavy atom. The summed E-state index contributed by atoms with van der Waals surface area (Å²) in [6.45, 7) is 2.05. The monoisotopic (exact) mass is 389 g/mol. The van der Waals surface area contributed by atoms with Crippen molar-refractivity contribution in [2.24, 2.45) is 0 Å². The molecule has 2 aromatic rings. The molecule has 0 bridgehead atoms. The van der Waals surface area contributed by atoms with Gasteiger partial charge in [-0.3, -0.25) is 0 Å². The molecule has 0 aliphatic rings. The smallest absolute Gasteiger partial charge is 0.129 e. The highest BCUT2D eigenvalue weighted by atomic mass is 127. The van der Waals surface area contributed by atoms with Gasteiger partial charge in [-0.05, 0) is 59.8 Å². The van der Waals surface area contributed by atoms with Gasteiger partial charge in [0.15, 0.2) is 0 Å². The molecule has 0 saturated heterocycles. The lowest BCUT2D eigenvalue weighted by atomic mass is 9.97. The fourth-order valence-corrected chi connectivity index (χ4v) is 2.94. The molecule has 0 heterocycles. The molecule has 0 spiro atoms. The largest absolute Gasteiger partial charge is 0.309 e. The molecule has 0 amide bonds. The van der Waals surface area contributed by atoms with Crippen molar-refractivity contribution in [3.05, 3.63) is 67.5 Å². The van der Waals surface area contributed by atoms with Crippen LogP contribution < -0.4 is 5.32 Å². The van der Waals surface area contributed by atoms with Crippen LogP contribution in [-0.4, -0.2) is 7.05 Å². The van der Waals surface area contributed by atoms with Gasteiger partial charge >= 0.3 is 0 Å². The molecule has 0 aliphatic heterocycles. The number of rotatable bonds is 3. The lowest BCUT2D eigenvalue weighted by molar-refractivity contribution is 0.575. The first-order valence-electron chi connectivity index (χ1n) is 5.92. The highest BCUT2D eigenvalue weighted by Crippen LogP contribution is 2.30. The number of hydrogen-bond donors (Lipinski definition) is 1. The second kappa shape index (κ2) is 6.20. The summed E-state index contributed by atoms with van der Waals surface area (Å²) in [5, 5.41) is 3.59. The van der Waals surface area contributed by atoms with E-state index in [2.05, 4.69) is 40.9 Å². The summed E-state index contributed by atoms with van der Waals surface area (Å²) in [6, 6.07) is 10.7. The van der Waals surface area contributed by atoms with Crippen LogP contribution >= 0.6 is 34.2 Å². The van der Waals surface area contributed by atoms with Gasteiger partial charge in [-0.15, -0.1) is 0 Å². The van der Waals surface area contributed by atoms with Gasteiger partial charge in [-0.1, -0.05) is 35.9 Å². The Hall–Kier alpha value is -0.650. The van der Waals surface area contributed by atoms with Crippen LogP contribution in [0.2, 0.25) is 5.02 Å². The third kappa shape index (κ3) is 3.09. The summed E-state index contributed by atoms with van der Waals surface area (Å²) in [5.41, 5.74) is 2.87. The van der Waals surface area contributed by atoms with Crippen LogP contribution in [-0.2, 0) is 0 Å². The molecule has 0 aliphatic carbocycles. The maximum atomic E-state index is 14.1. The molecule has 1 atom stereocenters. The summed E-state index contributed by atoms with van der Waals surface area (Å²) < 4.78 is 15.2. The Morgan fingerprint density at radius 3 is 2.58 bits per heavy atom. The first kappa shape index (κ1) is 14.8. The third-order valence-electron chi connectivity index (χ3n) is 3.09. The molecule has 2 rings (SSSR count). The zero-order valence-corrected chi connectivity index (χ0v) is 13.6. The van der Waals surface area contributed by atoms with Crippen LogP contribution in [0.1, 0.15) is 22.7 Å². The molecule has 19 heavy (non-hydrogen) atoms. The van der Waals surface area contributed by atoms with E-state index in [1.54, 1.807) is 12.1 Å². The zero-order valence-electron chi connectivity index (χ0n) is 10.7. The summed E-state index contributed by atoms with van der Waals surface area (Å²) in [4.78, 5) is 0. The molecule has 100 valence electrons. The van der Waals surface area contributed by atoms with Crippen molar-refractivity contribution in [2.45, 2.75) is 13.0 Å². The first-order valence-corrected chi connectivity index (χ1v) is 7.37. The van der Waals surface area contributed by atoms with E-state index < -0.39 is 0 Å². The maximum Gasteiger partial charge on any atom is 0.129 e. The van der Waals surface area contributed by atoms with Crippen LogP contribution in [0.25, 0.3) is 0 Å². The van der Waals surface area contributed by atoms with Crippen molar-refractivity contribution in [1.82, 2.24) is 5.32 Å². The minimum atomic E-state index is -0.288. The molecule has 1 unspecified atom stereocenters. The normalized spacial score (nSPS) is 12.5. The van der Waals surface area contributed by atoms with Gasteiger partial charge in [-0.25, -0.2) is 4.39 Å². The third-order valence-corrected chi connectivity index (χ3v) is 4.80. The predicted molar refractivity (Wildman–Crippen MR) is 86.2 cm³/mol. The zero-order chi connectivity index (χ0) is 14.0. The van der Waals surface area contributed by atoms with E-state index in [-0.39, 0.29) is 11.9 Å². The molecule has 1 nitrogen and oxygen atoms in total. The number of hydrogen-bond acceptors (Lipinski definition) is 1. The van der Waals surface area contributed by atoms with Crippen molar-refractivity contribution in [3.63, 3.8) is 0 Å². The summed E-state index contributed by atoms with van der Waals surface area (Å²) in [5.74, 6) is -0.288. The quantitative estimate of drug-likeness (QED) is 0.750. The number of nitrogens with one attached hydrogen (secondary N) is 1. The predicted octanol–water partition coefficient (Wildman–Crippen LogP) is 4.70. The molecule has 0 saturated carbocycles. The highest BCUT2D eigenvalue weighted by Gasteiger charge is 2.19. The Morgan fingerprint density at radius 1 is 1.21 bits per heavy atom. The molecule has 0 fully saturated rings. The average Bonchev–Trinajstić information content (AvgIpc) is 2.37. The van der Waals surface area contributed by atoms with Gasteiger partial charge in [0.25, 0.3) is 0 Å². The van der Waals surface area contributed by atoms with E-state index in [1.807, 2.05) is 19.2 Å². The Balaban J connectivity index is 2.53. The van der Waals surface area contributed by atoms with Crippen LogP contribution in [0, 0.1) is 16.3 Å². The number of aryl methyl sites for hydroxylation is 1. The molecule has 0 radical (unpaired) electrons. The van der Waals surface area contributed by atoms with Gasteiger partial charge in [0.1, 0.15) is 5.82 Å². The average molecular weight is 390 g/mol. The van der Waals surface area contributed by atoms with E-state index in [9.17, 15) is 4.39 Å². The molecule has 0 aromatic heterocycles. The van der Waals surface area contributed by atoms with Crippen molar-refractivity contribution < 1.29 is 4.39 Å². The molecule has 1 N–H and O–H groups in total. The number of benzene rings is 2. The Kier molecular flexibility index (Phi) is 4.81. The first-order chi connectivity index (χ1) is 9.04. The second-order valence-electron chi connectivity index (χ2n) is 4.37. The van der Waals surface area contributed by atoms with E-state index in [0.29, 0.717) is 10.6 Å².